The van der Waals surface area contributed by atoms with Crippen LogP contribution in [0.1, 0.15) is 59.9 Å². The Labute approximate surface area is 198 Å². The Hall–Kier alpha value is -3.19. The van der Waals surface area contributed by atoms with Gasteiger partial charge < -0.3 is 10.2 Å². The minimum absolute atomic E-state index is 0.0584. The van der Waals surface area contributed by atoms with Gasteiger partial charge in [-0.15, -0.1) is 0 Å². The van der Waals surface area contributed by atoms with Crippen LogP contribution in [0.15, 0.2) is 48.5 Å². The summed E-state index contributed by atoms with van der Waals surface area (Å²) < 4.78 is 0. The summed E-state index contributed by atoms with van der Waals surface area (Å²) in [4.78, 5) is 53.5. The number of hydrogen-bond donors (Lipinski definition) is 1. The fourth-order valence-corrected chi connectivity index (χ4v) is 4.01. The molecule has 0 unspecified atom stereocenters. The number of carbonyl (C=O) groups excluding carboxylic acids is 4. The largest absolute Gasteiger partial charge is 0.352 e. The minimum Gasteiger partial charge on any atom is -0.352 e. The fraction of sp³-hybridized carbons (Fsp3) is 0.360. The lowest BCUT2D eigenvalue weighted by atomic mass is 10.1. The molecule has 33 heavy (non-hydrogen) atoms. The molecular formula is C25H28ClN3O4. The van der Waals surface area contributed by atoms with Gasteiger partial charge in [-0.3, -0.25) is 24.1 Å². The van der Waals surface area contributed by atoms with Crippen molar-refractivity contribution in [2.24, 2.45) is 0 Å². The summed E-state index contributed by atoms with van der Waals surface area (Å²) in [6.07, 6.45) is 0.391. The van der Waals surface area contributed by atoms with E-state index in [0.29, 0.717) is 22.6 Å². The molecule has 0 radical (unpaired) electrons. The average molecular weight is 470 g/mol. The van der Waals surface area contributed by atoms with Crippen LogP contribution >= 0.6 is 11.6 Å². The SMILES string of the molecule is CC(C)NC(=O)[C@@H](C)N(Cc1cccc(Cl)c1)C(=O)CCCN1C(=O)c2ccccc2C1=O. The first-order valence-electron chi connectivity index (χ1n) is 11.0. The molecule has 2 aromatic rings. The van der Waals surface area contributed by atoms with Gasteiger partial charge in [0.1, 0.15) is 6.04 Å². The number of nitrogens with zero attached hydrogens (tertiary/aromatic N) is 2. The van der Waals surface area contributed by atoms with Crippen LogP contribution in [0.4, 0.5) is 0 Å². The van der Waals surface area contributed by atoms with Gasteiger partial charge in [-0.2, -0.15) is 0 Å². The van der Waals surface area contributed by atoms with Crippen molar-refractivity contribution >= 4 is 35.2 Å². The zero-order chi connectivity index (χ0) is 24.1. The van der Waals surface area contributed by atoms with Crippen molar-refractivity contribution in [3.05, 3.63) is 70.2 Å². The lowest BCUT2D eigenvalue weighted by Crippen LogP contribution is -2.49. The zero-order valence-corrected chi connectivity index (χ0v) is 19.8. The summed E-state index contributed by atoms with van der Waals surface area (Å²) >= 11 is 6.09. The number of amides is 4. The van der Waals surface area contributed by atoms with Crippen LogP contribution < -0.4 is 5.32 Å². The van der Waals surface area contributed by atoms with Crippen LogP contribution in [-0.4, -0.2) is 52.1 Å². The Morgan fingerprint density at radius 3 is 2.21 bits per heavy atom. The topological polar surface area (TPSA) is 86.8 Å². The van der Waals surface area contributed by atoms with E-state index in [1.165, 1.54) is 9.80 Å². The number of rotatable bonds is 9. The second-order valence-corrected chi connectivity index (χ2v) is 8.84. The highest BCUT2D eigenvalue weighted by molar-refractivity contribution is 6.30. The Bertz CT molecular complexity index is 1030. The zero-order valence-electron chi connectivity index (χ0n) is 19.0. The van der Waals surface area contributed by atoms with Gasteiger partial charge in [0.05, 0.1) is 11.1 Å². The normalized spacial score (nSPS) is 13.8. The van der Waals surface area contributed by atoms with Crippen molar-refractivity contribution in [1.29, 1.82) is 0 Å². The minimum atomic E-state index is -0.696. The van der Waals surface area contributed by atoms with Crippen molar-refractivity contribution in [1.82, 2.24) is 15.1 Å². The molecule has 1 aliphatic heterocycles. The number of halogens is 1. The highest BCUT2D eigenvalue weighted by Gasteiger charge is 2.35. The third kappa shape index (κ3) is 5.79. The summed E-state index contributed by atoms with van der Waals surface area (Å²) in [7, 11) is 0. The first-order valence-corrected chi connectivity index (χ1v) is 11.4. The van der Waals surface area contributed by atoms with E-state index < -0.39 is 6.04 Å². The van der Waals surface area contributed by atoms with Crippen LogP contribution in [0, 0.1) is 0 Å². The Morgan fingerprint density at radius 2 is 1.64 bits per heavy atom. The van der Waals surface area contributed by atoms with E-state index in [9.17, 15) is 19.2 Å². The summed E-state index contributed by atoms with van der Waals surface area (Å²) in [5.74, 6) is -1.18. The summed E-state index contributed by atoms with van der Waals surface area (Å²) in [6, 6.07) is 13.1. The van der Waals surface area contributed by atoms with Crippen LogP contribution in [0.2, 0.25) is 5.02 Å². The number of benzene rings is 2. The maximum absolute atomic E-state index is 13.1. The van der Waals surface area contributed by atoms with Gasteiger partial charge in [0.2, 0.25) is 11.8 Å². The van der Waals surface area contributed by atoms with Gasteiger partial charge in [0, 0.05) is 30.6 Å². The van der Waals surface area contributed by atoms with E-state index in [2.05, 4.69) is 5.32 Å². The molecule has 2 aromatic carbocycles. The monoisotopic (exact) mass is 469 g/mol. The van der Waals surface area contributed by atoms with Crippen molar-refractivity contribution < 1.29 is 19.2 Å². The van der Waals surface area contributed by atoms with E-state index in [4.69, 9.17) is 11.6 Å². The first kappa shape index (κ1) is 24.5. The smallest absolute Gasteiger partial charge is 0.261 e. The molecule has 4 amide bonds. The van der Waals surface area contributed by atoms with E-state index in [1.54, 1.807) is 49.4 Å². The highest BCUT2D eigenvalue weighted by Crippen LogP contribution is 2.23. The second-order valence-electron chi connectivity index (χ2n) is 8.40. The van der Waals surface area contributed by atoms with Gasteiger partial charge in [-0.25, -0.2) is 0 Å². The summed E-state index contributed by atoms with van der Waals surface area (Å²) in [5.41, 5.74) is 1.58. The molecule has 3 rings (SSSR count). The Balaban J connectivity index is 1.67. The molecule has 0 saturated carbocycles. The molecule has 0 bridgehead atoms. The molecule has 0 spiro atoms. The third-order valence-corrected chi connectivity index (χ3v) is 5.73. The molecule has 1 heterocycles. The molecule has 1 N–H and O–H groups in total. The second kappa shape index (κ2) is 10.6. The van der Waals surface area contributed by atoms with Gasteiger partial charge in [-0.1, -0.05) is 35.9 Å². The highest BCUT2D eigenvalue weighted by atomic mass is 35.5. The summed E-state index contributed by atoms with van der Waals surface area (Å²) in [5, 5.41) is 3.39. The van der Waals surface area contributed by atoms with E-state index >= 15 is 0 Å². The van der Waals surface area contributed by atoms with E-state index in [0.717, 1.165) is 5.56 Å². The van der Waals surface area contributed by atoms with Crippen LogP contribution in [0.5, 0.6) is 0 Å². The predicted molar refractivity (Wildman–Crippen MR) is 126 cm³/mol. The third-order valence-electron chi connectivity index (χ3n) is 5.49. The molecule has 0 saturated heterocycles. The number of imide groups is 1. The fourth-order valence-electron chi connectivity index (χ4n) is 3.79. The van der Waals surface area contributed by atoms with Gasteiger partial charge in [-0.05, 0) is 57.0 Å². The average Bonchev–Trinajstić information content (AvgIpc) is 3.01. The number of nitrogens with one attached hydrogen (secondary N) is 1. The summed E-state index contributed by atoms with van der Waals surface area (Å²) in [6.45, 7) is 5.75. The molecule has 1 aliphatic rings. The number of carbonyl (C=O) groups is 4. The van der Waals surface area contributed by atoms with Gasteiger partial charge >= 0.3 is 0 Å². The van der Waals surface area contributed by atoms with Crippen LogP contribution in [0.25, 0.3) is 0 Å². The maximum atomic E-state index is 13.1. The Morgan fingerprint density at radius 1 is 1.00 bits per heavy atom. The van der Waals surface area contributed by atoms with Gasteiger partial charge in [0.15, 0.2) is 0 Å². The lowest BCUT2D eigenvalue weighted by molar-refractivity contribution is -0.140. The van der Waals surface area contributed by atoms with Crippen LogP contribution in [0.3, 0.4) is 0 Å². The molecular weight excluding hydrogens is 442 g/mol. The maximum Gasteiger partial charge on any atom is 0.261 e. The molecule has 174 valence electrons. The Kier molecular flexibility index (Phi) is 7.87. The molecule has 0 fully saturated rings. The molecule has 0 aromatic heterocycles. The number of fused-ring (bicyclic) bond motifs is 1. The van der Waals surface area contributed by atoms with Crippen molar-refractivity contribution in [2.45, 2.75) is 52.2 Å². The van der Waals surface area contributed by atoms with Crippen molar-refractivity contribution in [3.63, 3.8) is 0 Å². The molecule has 8 heteroatoms. The van der Waals surface area contributed by atoms with E-state index in [-0.39, 0.29) is 49.2 Å². The van der Waals surface area contributed by atoms with Crippen molar-refractivity contribution in [2.75, 3.05) is 6.54 Å². The molecule has 0 aliphatic carbocycles. The van der Waals surface area contributed by atoms with Crippen LogP contribution in [-0.2, 0) is 16.1 Å². The van der Waals surface area contributed by atoms with E-state index in [1.807, 2.05) is 19.9 Å². The quantitative estimate of drug-likeness (QED) is 0.568. The molecule has 1 atom stereocenters. The van der Waals surface area contributed by atoms with Gasteiger partial charge in [0.25, 0.3) is 11.8 Å². The predicted octanol–water partition coefficient (Wildman–Crippen LogP) is 3.66. The molecule has 7 nitrogen and oxygen atoms in total. The first-order chi connectivity index (χ1) is 15.7. The van der Waals surface area contributed by atoms with Crippen molar-refractivity contribution in [3.8, 4) is 0 Å². The standard InChI is InChI=1S/C25H28ClN3O4/c1-16(2)27-23(31)17(3)29(15-18-8-6-9-19(26)14-18)22(30)12-7-13-28-24(32)20-10-4-5-11-21(20)25(28)33/h4-6,8-11,14,16-17H,7,12-13,15H2,1-3H3,(H,27,31)/t17-/m1/s1. The lowest BCUT2D eigenvalue weighted by Gasteiger charge is -2.29. The number of hydrogen-bond acceptors (Lipinski definition) is 4.